The molecule has 0 spiro atoms. The Labute approximate surface area is 156 Å². The van der Waals surface area contributed by atoms with Gasteiger partial charge in [-0.25, -0.2) is 0 Å². The highest BCUT2D eigenvalue weighted by atomic mass is 16.2. The van der Waals surface area contributed by atoms with E-state index in [1.165, 1.54) is 6.92 Å². The minimum Gasteiger partial charge on any atom is -0.326 e. The topological polar surface area (TPSA) is 82.0 Å². The van der Waals surface area contributed by atoms with Gasteiger partial charge in [-0.1, -0.05) is 36.4 Å². The van der Waals surface area contributed by atoms with Crippen LogP contribution in [0.1, 0.15) is 12.5 Å². The molecule has 0 bridgehead atoms. The Bertz CT molecular complexity index is 1080. The normalized spacial score (nSPS) is 10.9. The number of benzene rings is 3. The Morgan fingerprint density at radius 2 is 1.52 bits per heavy atom. The van der Waals surface area contributed by atoms with E-state index in [0.29, 0.717) is 11.4 Å². The molecule has 0 aliphatic carbocycles. The van der Waals surface area contributed by atoms with E-state index in [1.54, 1.807) is 30.3 Å². The van der Waals surface area contributed by atoms with Crippen LogP contribution in [0.4, 0.5) is 11.4 Å². The molecule has 0 aromatic heterocycles. The van der Waals surface area contributed by atoms with Crippen LogP contribution >= 0.6 is 0 Å². The maximum absolute atomic E-state index is 12.4. The van der Waals surface area contributed by atoms with E-state index in [4.69, 9.17) is 0 Å². The smallest absolute Gasteiger partial charge is 0.266 e. The lowest BCUT2D eigenvalue weighted by Gasteiger charge is -2.07. The van der Waals surface area contributed by atoms with Gasteiger partial charge in [-0.05, 0) is 52.7 Å². The van der Waals surface area contributed by atoms with Crippen molar-refractivity contribution in [1.29, 1.82) is 5.26 Å². The van der Waals surface area contributed by atoms with Crippen molar-refractivity contribution in [2.24, 2.45) is 0 Å². The zero-order chi connectivity index (χ0) is 19.2. The van der Waals surface area contributed by atoms with Gasteiger partial charge in [0.05, 0.1) is 0 Å². The van der Waals surface area contributed by atoms with Crippen molar-refractivity contribution in [2.75, 3.05) is 10.6 Å². The van der Waals surface area contributed by atoms with Crippen LogP contribution in [0.5, 0.6) is 0 Å². The number of nitrogens with one attached hydrogen (secondary N) is 2. The van der Waals surface area contributed by atoms with Crippen LogP contribution in [0.15, 0.2) is 72.3 Å². The van der Waals surface area contributed by atoms with E-state index in [2.05, 4.69) is 10.6 Å². The number of carbonyl (C=O) groups is 2. The van der Waals surface area contributed by atoms with Gasteiger partial charge in [-0.3, -0.25) is 9.59 Å². The maximum atomic E-state index is 12.4. The summed E-state index contributed by atoms with van der Waals surface area (Å²) in [5.41, 5.74) is 1.96. The molecule has 5 heteroatoms. The highest BCUT2D eigenvalue weighted by Gasteiger charge is 2.10. The fraction of sp³-hybridized carbons (Fsp3) is 0.0455. The fourth-order valence-electron chi connectivity index (χ4n) is 2.65. The summed E-state index contributed by atoms with van der Waals surface area (Å²) < 4.78 is 0. The lowest BCUT2D eigenvalue weighted by molar-refractivity contribution is -0.114. The third-order valence-electron chi connectivity index (χ3n) is 3.91. The number of nitrogens with zero attached hydrogens (tertiary/aromatic N) is 1. The van der Waals surface area contributed by atoms with E-state index < -0.39 is 5.91 Å². The SMILES string of the molecule is CC(=O)Nc1ccc(NC(=O)/C(C#N)=C/c2ccc3ccccc3c2)cc1. The molecule has 2 amide bonds. The molecule has 0 radical (unpaired) electrons. The van der Waals surface area contributed by atoms with Crippen LogP contribution in [0.3, 0.4) is 0 Å². The quantitative estimate of drug-likeness (QED) is 0.539. The second-order valence-corrected chi connectivity index (χ2v) is 5.99. The molecule has 0 aliphatic rings. The minimum absolute atomic E-state index is 0.0104. The Balaban J connectivity index is 1.77. The lowest BCUT2D eigenvalue weighted by Crippen LogP contribution is -2.13. The lowest BCUT2D eigenvalue weighted by atomic mass is 10.0. The van der Waals surface area contributed by atoms with E-state index in [1.807, 2.05) is 48.5 Å². The van der Waals surface area contributed by atoms with Crippen molar-refractivity contribution in [3.8, 4) is 6.07 Å². The molecule has 2 N–H and O–H groups in total. The molecular formula is C22H17N3O2. The molecule has 132 valence electrons. The average molecular weight is 355 g/mol. The van der Waals surface area contributed by atoms with Gasteiger partial charge in [0.2, 0.25) is 5.91 Å². The van der Waals surface area contributed by atoms with Gasteiger partial charge < -0.3 is 10.6 Å². The number of anilines is 2. The first kappa shape index (κ1) is 17.9. The fourth-order valence-corrected chi connectivity index (χ4v) is 2.65. The van der Waals surface area contributed by atoms with Gasteiger partial charge in [0.1, 0.15) is 11.6 Å². The number of nitriles is 1. The van der Waals surface area contributed by atoms with E-state index >= 15 is 0 Å². The molecule has 0 atom stereocenters. The molecule has 0 unspecified atom stereocenters. The third kappa shape index (κ3) is 4.59. The Kier molecular flexibility index (Phi) is 5.29. The summed E-state index contributed by atoms with van der Waals surface area (Å²) in [5.74, 6) is -0.658. The molecule has 27 heavy (non-hydrogen) atoms. The number of amides is 2. The first-order valence-electron chi connectivity index (χ1n) is 8.35. The van der Waals surface area contributed by atoms with Crippen molar-refractivity contribution in [2.45, 2.75) is 6.92 Å². The van der Waals surface area contributed by atoms with E-state index in [0.717, 1.165) is 16.3 Å². The van der Waals surface area contributed by atoms with Crippen molar-refractivity contribution in [1.82, 2.24) is 0 Å². The molecule has 0 aliphatic heterocycles. The van der Waals surface area contributed by atoms with E-state index in [-0.39, 0.29) is 11.5 Å². The van der Waals surface area contributed by atoms with Crippen LogP contribution in [-0.2, 0) is 9.59 Å². The van der Waals surface area contributed by atoms with Crippen LogP contribution in [0.25, 0.3) is 16.8 Å². The summed E-state index contributed by atoms with van der Waals surface area (Å²) in [6.07, 6.45) is 1.56. The predicted octanol–water partition coefficient (Wildman–Crippen LogP) is 4.34. The largest absolute Gasteiger partial charge is 0.326 e. The van der Waals surface area contributed by atoms with Gasteiger partial charge in [0, 0.05) is 18.3 Å². The third-order valence-corrected chi connectivity index (χ3v) is 3.91. The average Bonchev–Trinajstić information content (AvgIpc) is 2.67. The highest BCUT2D eigenvalue weighted by Crippen LogP contribution is 2.19. The van der Waals surface area contributed by atoms with Crippen LogP contribution < -0.4 is 10.6 Å². The molecule has 3 aromatic carbocycles. The van der Waals surface area contributed by atoms with Gasteiger partial charge in [-0.2, -0.15) is 5.26 Å². The summed E-state index contributed by atoms with van der Waals surface area (Å²) in [6, 6.07) is 22.3. The summed E-state index contributed by atoms with van der Waals surface area (Å²) in [6.45, 7) is 1.42. The summed E-state index contributed by atoms with van der Waals surface area (Å²) in [5, 5.41) is 16.8. The van der Waals surface area contributed by atoms with Crippen molar-refractivity contribution < 1.29 is 9.59 Å². The summed E-state index contributed by atoms with van der Waals surface area (Å²) in [4.78, 5) is 23.4. The molecule has 3 rings (SSSR count). The molecule has 0 fully saturated rings. The van der Waals surface area contributed by atoms with Gasteiger partial charge in [0.25, 0.3) is 5.91 Å². The Morgan fingerprint density at radius 1 is 0.889 bits per heavy atom. The summed E-state index contributed by atoms with van der Waals surface area (Å²) >= 11 is 0. The number of carbonyl (C=O) groups excluding carboxylic acids is 2. The Morgan fingerprint density at radius 3 is 2.15 bits per heavy atom. The summed E-state index contributed by atoms with van der Waals surface area (Å²) in [7, 11) is 0. The second kappa shape index (κ2) is 7.98. The van der Waals surface area contributed by atoms with Crippen LogP contribution in [-0.4, -0.2) is 11.8 Å². The number of hydrogen-bond acceptors (Lipinski definition) is 3. The molecule has 5 nitrogen and oxygen atoms in total. The van der Waals surface area contributed by atoms with Crippen molar-refractivity contribution in [3.05, 3.63) is 77.9 Å². The van der Waals surface area contributed by atoms with Gasteiger partial charge in [0.15, 0.2) is 0 Å². The number of rotatable bonds is 4. The maximum Gasteiger partial charge on any atom is 0.266 e. The van der Waals surface area contributed by atoms with E-state index in [9.17, 15) is 14.9 Å². The van der Waals surface area contributed by atoms with Crippen LogP contribution in [0, 0.1) is 11.3 Å². The first-order chi connectivity index (χ1) is 13.0. The molecule has 3 aromatic rings. The number of hydrogen-bond donors (Lipinski definition) is 2. The minimum atomic E-state index is -0.488. The van der Waals surface area contributed by atoms with Crippen molar-refractivity contribution in [3.63, 3.8) is 0 Å². The molecule has 0 saturated heterocycles. The molecule has 0 saturated carbocycles. The van der Waals surface area contributed by atoms with Crippen LogP contribution in [0.2, 0.25) is 0 Å². The van der Waals surface area contributed by atoms with Crippen molar-refractivity contribution >= 4 is 40.0 Å². The predicted molar refractivity (Wildman–Crippen MR) is 107 cm³/mol. The number of fused-ring (bicyclic) bond motifs is 1. The monoisotopic (exact) mass is 355 g/mol. The second-order valence-electron chi connectivity index (χ2n) is 5.99. The Hall–Kier alpha value is -3.91. The van der Waals surface area contributed by atoms with Gasteiger partial charge in [-0.15, -0.1) is 0 Å². The molecular weight excluding hydrogens is 338 g/mol. The zero-order valence-electron chi connectivity index (χ0n) is 14.7. The standard InChI is InChI=1S/C22H17N3O2/c1-15(26)24-20-8-10-21(11-9-20)25-22(27)19(14-23)13-16-6-7-17-4-2-3-5-18(17)12-16/h2-13H,1H3,(H,24,26)(H,25,27)/b19-13+. The molecule has 0 heterocycles. The zero-order valence-corrected chi connectivity index (χ0v) is 14.7. The van der Waals surface area contributed by atoms with Gasteiger partial charge >= 0.3 is 0 Å². The first-order valence-corrected chi connectivity index (χ1v) is 8.35. The highest BCUT2D eigenvalue weighted by molar-refractivity contribution is 6.10.